The van der Waals surface area contributed by atoms with Gasteiger partial charge in [0, 0.05) is 27.1 Å². The second-order valence-corrected chi connectivity index (χ2v) is 11.7. The molecule has 0 fully saturated rings. The molecule has 0 aliphatic carbocycles. The molecule has 7 aromatic carbocycles. The Morgan fingerprint density at radius 1 is 0.545 bits per heavy atom. The largest absolute Gasteiger partial charge is 0.350 e. The molecule has 2 heterocycles. The summed E-state index contributed by atoms with van der Waals surface area (Å²) in [6, 6.07) is 52.2. The summed E-state index contributed by atoms with van der Waals surface area (Å²) in [7, 11) is 2.18. The fourth-order valence-corrected chi connectivity index (χ4v) is 7.27. The van der Waals surface area contributed by atoms with Crippen molar-refractivity contribution in [2.75, 3.05) is 7.05 Å². The van der Waals surface area contributed by atoms with Crippen molar-refractivity contribution in [1.82, 2.24) is 14.8 Å². The number of aliphatic imine (C=N–C) groups is 1. The zero-order valence-corrected chi connectivity index (χ0v) is 24.4. The van der Waals surface area contributed by atoms with E-state index in [9.17, 15) is 0 Å². The molecule has 0 bridgehead atoms. The Balaban J connectivity index is 1.45. The number of para-hydroxylation sites is 1. The van der Waals surface area contributed by atoms with Gasteiger partial charge in [-0.25, -0.2) is 9.89 Å². The lowest BCUT2D eigenvalue weighted by atomic mass is 9.93. The van der Waals surface area contributed by atoms with Crippen molar-refractivity contribution in [3.8, 4) is 0 Å². The smallest absolute Gasteiger partial charge is 0.187 e. The topological polar surface area (TPSA) is 32.6 Å². The Morgan fingerprint density at radius 2 is 1.18 bits per heavy atom. The highest BCUT2D eigenvalue weighted by molar-refractivity contribution is 6.36. The average molecular weight is 567 g/mol. The number of amidine groups is 1. The number of hydrogen-bond acceptors (Lipinski definition) is 3. The molecule has 0 saturated heterocycles. The van der Waals surface area contributed by atoms with Crippen LogP contribution >= 0.6 is 0 Å². The summed E-state index contributed by atoms with van der Waals surface area (Å²) >= 11 is 0. The third-order valence-electron chi connectivity index (χ3n) is 9.25. The minimum Gasteiger partial charge on any atom is -0.350 e. The van der Waals surface area contributed by atoms with Gasteiger partial charge in [0.05, 0.1) is 11.0 Å². The van der Waals surface area contributed by atoms with Gasteiger partial charge in [-0.05, 0) is 40.2 Å². The van der Waals surface area contributed by atoms with Crippen LogP contribution in [0.4, 0.5) is 0 Å². The maximum absolute atomic E-state index is 5.50. The maximum atomic E-state index is 5.50. The van der Waals surface area contributed by atoms with Crippen LogP contribution in [0.1, 0.15) is 23.6 Å². The van der Waals surface area contributed by atoms with Crippen molar-refractivity contribution in [1.29, 1.82) is 0 Å². The van der Waals surface area contributed by atoms with Crippen LogP contribution in [0.3, 0.4) is 0 Å². The van der Waals surface area contributed by atoms with Crippen LogP contribution in [0.2, 0.25) is 0 Å². The van der Waals surface area contributed by atoms with E-state index in [0.29, 0.717) is 0 Å². The first kappa shape index (κ1) is 25.1. The lowest BCUT2D eigenvalue weighted by molar-refractivity contribution is 0.109. The third kappa shape index (κ3) is 3.65. The van der Waals surface area contributed by atoms with E-state index in [0.717, 1.165) is 11.4 Å². The summed E-state index contributed by atoms with van der Waals surface area (Å²) in [5.74, 6) is 0.893. The summed E-state index contributed by atoms with van der Waals surface area (Å²) < 4.78 is 2.48. The van der Waals surface area contributed by atoms with Crippen LogP contribution in [0.15, 0.2) is 151 Å². The Bertz CT molecular complexity index is 2390. The predicted octanol–water partition coefficient (Wildman–Crippen LogP) is 9.39. The summed E-state index contributed by atoms with van der Waals surface area (Å²) in [4.78, 5) is 7.85. The molecule has 0 saturated carbocycles. The molecule has 4 nitrogen and oxygen atoms in total. The van der Waals surface area contributed by atoms with Crippen LogP contribution in [0.5, 0.6) is 0 Å². The van der Waals surface area contributed by atoms with Crippen molar-refractivity contribution >= 4 is 60.0 Å². The van der Waals surface area contributed by atoms with E-state index in [2.05, 4.69) is 167 Å². The number of aromatic nitrogens is 1. The Kier molecular flexibility index (Phi) is 5.59. The van der Waals surface area contributed by atoms with Crippen LogP contribution in [-0.2, 0) is 0 Å². The molecule has 1 aromatic heterocycles. The van der Waals surface area contributed by atoms with Gasteiger partial charge in [0.1, 0.15) is 12.0 Å². The first-order valence-electron chi connectivity index (χ1n) is 15.2. The van der Waals surface area contributed by atoms with Gasteiger partial charge in [-0.3, -0.25) is 0 Å². The minimum atomic E-state index is -0.296. The highest BCUT2D eigenvalue weighted by Crippen LogP contribution is 2.46. The lowest BCUT2D eigenvalue weighted by Gasteiger charge is -2.40. The van der Waals surface area contributed by atoms with E-state index >= 15 is 0 Å². The molecule has 44 heavy (non-hydrogen) atoms. The molecule has 0 spiro atoms. The number of nitrogens with zero attached hydrogens (tertiary/aromatic N) is 3. The molecule has 0 radical (unpaired) electrons. The van der Waals surface area contributed by atoms with Gasteiger partial charge in [-0.15, -0.1) is 0 Å². The lowest BCUT2D eigenvalue weighted by Crippen LogP contribution is -2.47. The average Bonchev–Trinajstić information content (AvgIpc) is 3.44. The molecule has 1 aliphatic rings. The highest BCUT2D eigenvalue weighted by atomic mass is 15.5. The quantitative estimate of drug-likeness (QED) is 0.216. The molecule has 1 N–H and O–H groups in total. The van der Waals surface area contributed by atoms with Crippen LogP contribution in [-0.4, -0.2) is 22.4 Å². The van der Waals surface area contributed by atoms with Crippen molar-refractivity contribution in [3.05, 3.63) is 157 Å². The van der Waals surface area contributed by atoms with Gasteiger partial charge in [0.15, 0.2) is 6.29 Å². The maximum Gasteiger partial charge on any atom is 0.187 e. The first-order chi connectivity index (χ1) is 21.8. The zero-order valence-electron chi connectivity index (χ0n) is 24.4. The van der Waals surface area contributed by atoms with E-state index in [4.69, 9.17) is 4.99 Å². The number of hydrogen-bond donors (Lipinski definition) is 1. The molecule has 2 unspecified atom stereocenters. The molecular formula is C40H30N4. The van der Waals surface area contributed by atoms with E-state index in [1.807, 2.05) is 0 Å². The number of nitrogens with one attached hydrogen (secondary N) is 1. The minimum absolute atomic E-state index is 0.0716. The normalized spacial score (nSPS) is 17.4. The predicted molar refractivity (Wildman–Crippen MR) is 184 cm³/mol. The van der Waals surface area contributed by atoms with Crippen LogP contribution in [0, 0.1) is 0 Å². The summed E-state index contributed by atoms with van der Waals surface area (Å²) in [6.45, 7) is 0. The fraction of sp³-hybridized carbons (Fsp3) is 0.0750. The summed E-state index contributed by atoms with van der Waals surface area (Å²) in [5, 5.41) is 13.9. The summed E-state index contributed by atoms with van der Waals surface area (Å²) in [6.07, 6.45) is -0.368. The zero-order chi connectivity index (χ0) is 29.2. The van der Waals surface area contributed by atoms with Crippen LogP contribution in [0.25, 0.3) is 54.1 Å². The molecule has 8 aromatic rings. The van der Waals surface area contributed by atoms with Crippen molar-refractivity contribution < 1.29 is 0 Å². The van der Waals surface area contributed by atoms with Gasteiger partial charge in [-0.1, -0.05) is 140 Å². The second kappa shape index (κ2) is 9.80. The Morgan fingerprint density at radius 3 is 1.98 bits per heavy atom. The first-order valence-corrected chi connectivity index (χ1v) is 15.2. The van der Waals surface area contributed by atoms with Gasteiger partial charge >= 0.3 is 0 Å². The number of benzene rings is 7. The van der Waals surface area contributed by atoms with E-state index in [1.165, 1.54) is 59.7 Å². The van der Waals surface area contributed by atoms with Crippen molar-refractivity contribution in [3.63, 3.8) is 0 Å². The SMILES string of the molecule is CN1C(c2ccccc2)NC(c2ccccc2)=NC1n1c2ccccc2c2c3c4ccccc4ccc3c3ccccc3c21. The third-order valence-corrected chi connectivity index (χ3v) is 9.25. The molecule has 4 heteroatoms. The van der Waals surface area contributed by atoms with E-state index in [-0.39, 0.29) is 12.5 Å². The highest BCUT2D eigenvalue weighted by Gasteiger charge is 2.34. The van der Waals surface area contributed by atoms with Gasteiger partial charge in [0.2, 0.25) is 0 Å². The van der Waals surface area contributed by atoms with Gasteiger partial charge in [-0.2, -0.15) is 0 Å². The van der Waals surface area contributed by atoms with Crippen molar-refractivity contribution in [2.24, 2.45) is 4.99 Å². The summed E-state index contributed by atoms with van der Waals surface area (Å²) in [5.41, 5.74) is 4.67. The molecule has 0 amide bonds. The Labute approximate surface area is 255 Å². The second-order valence-electron chi connectivity index (χ2n) is 11.7. The molecular weight excluding hydrogens is 536 g/mol. The van der Waals surface area contributed by atoms with Crippen molar-refractivity contribution in [2.45, 2.75) is 12.5 Å². The molecule has 2 atom stereocenters. The molecule has 210 valence electrons. The molecule has 1 aliphatic heterocycles. The van der Waals surface area contributed by atoms with E-state index in [1.54, 1.807) is 0 Å². The fourth-order valence-electron chi connectivity index (χ4n) is 7.27. The molecule has 9 rings (SSSR count). The van der Waals surface area contributed by atoms with Crippen LogP contribution < -0.4 is 5.32 Å². The van der Waals surface area contributed by atoms with Gasteiger partial charge < -0.3 is 9.88 Å². The van der Waals surface area contributed by atoms with E-state index < -0.39 is 0 Å². The monoisotopic (exact) mass is 566 g/mol. The number of fused-ring (bicyclic) bond motifs is 10. The number of rotatable bonds is 3. The van der Waals surface area contributed by atoms with Gasteiger partial charge in [0.25, 0.3) is 0 Å². The standard InChI is InChI=1S/C40H30N4/c1-43-39(28-17-6-3-7-18-28)41-38(27-15-4-2-5-16-27)42-40(43)44-34-23-13-12-22-33(34)36-35-29-19-9-8-14-26(29)24-25-31(35)30-20-10-11-21-32(30)37(36)44/h2-25,39-40H,1H3,(H,41,42). The Hall–Kier alpha value is -5.45.